The fourth-order valence-electron chi connectivity index (χ4n) is 2.18. The van der Waals surface area contributed by atoms with Gasteiger partial charge in [-0.3, -0.25) is 4.79 Å². The van der Waals surface area contributed by atoms with Crippen molar-refractivity contribution in [2.45, 2.75) is 26.6 Å². The highest BCUT2D eigenvalue weighted by Crippen LogP contribution is 2.30. The Morgan fingerprint density at radius 3 is 2.59 bits per heavy atom. The molecule has 0 spiro atoms. The minimum Gasteiger partial charge on any atom is -0.321 e. The Morgan fingerprint density at radius 2 is 1.95 bits per heavy atom. The number of benzene rings is 1. The number of rotatable bonds is 4. The number of alkyl halides is 3. The second-order valence-electron chi connectivity index (χ2n) is 5.00. The lowest BCUT2D eigenvalue weighted by molar-refractivity contribution is -0.137. The van der Waals surface area contributed by atoms with Gasteiger partial charge in [0.2, 0.25) is 0 Å². The summed E-state index contributed by atoms with van der Waals surface area (Å²) in [5.74, 6) is 0. The summed E-state index contributed by atoms with van der Waals surface area (Å²) in [6, 6.07) is 6.49. The molecule has 118 valence electrons. The van der Waals surface area contributed by atoms with E-state index in [4.69, 9.17) is 0 Å². The molecule has 0 atom stereocenters. The number of halogens is 3. The van der Waals surface area contributed by atoms with E-state index < -0.39 is 11.7 Å². The summed E-state index contributed by atoms with van der Waals surface area (Å²) in [5.41, 5.74) is 0.650. The fraction of sp³-hybridized carbons (Fsp3) is 0.312. The van der Waals surface area contributed by atoms with Crippen molar-refractivity contribution in [1.29, 1.82) is 0 Å². The number of aryl methyl sites for hydroxylation is 1. The molecule has 1 N–H and O–H groups in total. The summed E-state index contributed by atoms with van der Waals surface area (Å²) >= 11 is 0. The standard InChI is InChI=1S/C16H17F3N2O/c1-3-20-9-12-10-21(11(2)7-15(12)22)14-6-4-5-13(8-14)16(17,18)19/h4-8,10,20H,3,9H2,1-2H3. The highest BCUT2D eigenvalue weighted by Gasteiger charge is 2.30. The van der Waals surface area contributed by atoms with Crippen molar-refractivity contribution in [3.63, 3.8) is 0 Å². The maximum atomic E-state index is 12.8. The molecule has 0 aliphatic heterocycles. The third-order valence-electron chi connectivity index (χ3n) is 3.34. The number of pyridine rings is 1. The Balaban J connectivity index is 2.50. The van der Waals surface area contributed by atoms with E-state index in [0.717, 1.165) is 12.1 Å². The molecule has 22 heavy (non-hydrogen) atoms. The average molecular weight is 310 g/mol. The van der Waals surface area contributed by atoms with Crippen LogP contribution in [0.25, 0.3) is 5.69 Å². The second kappa shape index (κ2) is 6.36. The lowest BCUT2D eigenvalue weighted by Gasteiger charge is -2.15. The number of nitrogens with zero attached hydrogens (tertiary/aromatic N) is 1. The van der Waals surface area contributed by atoms with E-state index in [1.807, 2.05) is 6.92 Å². The monoisotopic (exact) mass is 310 g/mol. The zero-order valence-corrected chi connectivity index (χ0v) is 12.4. The molecule has 0 bridgehead atoms. The first-order valence-corrected chi connectivity index (χ1v) is 6.93. The first-order chi connectivity index (χ1) is 10.3. The molecular weight excluding hydrogens is 293 g/mol. The van der Waals surface area contributed by atoms with Gasteiger partial charge in [0.05, 0.1) is 5.56 Å². The van der Waals surface area contributed by atoms with Gasteiger partial charge < -0.3 is 9.88 Å². The van der Waals surface area contributed by atoms with Gasteiger partial charge in [-0.05, 0) is 31.7 Å². The van der Waals surface area contributed by atoms with Crippen LogP contribution in [0.1, 0.15) is 23.7 Å². The van der Waals surface area contributed by atoms with E-state index in [1.54, 1.807) is 23.8 Å². The summed E-state index contributed by atoms with van der Waals surface area (Å²) in [5, 5.41) is 3.05. The summed E-state index contributed by atoms with van der Waals surface area (Å²) < 4.78 is 40.1. The minimum absolute atomic E-state index is 0.123. The Hall–Kier alpha value is -2.08. The molecule has 1 aromatic heterocycles. The molecule has 0 aliphatic carbocycles. The van der Waals surface area contributed by atoms with Gasteiger partial charge in [0, 0.05) is 35.8 Å². The van der Waals surface area contributed by atoms with E-state index in [2.05, 4.69) is 5.32 Å². The zero-order chi connectivity index (χ0) is 16.3. The van der Waals surface area contributed by atoms with Crippen LogP contribution in [0.5, 0.6) is 0 Å². The molecule has 0 saturated heterocycles. The molecule has 1 aromatic carbocycles. The molecule has 0 saturated carbocycles. The van der Waals surface area contributed by atoms with Crippen LogP contribution in [0, 0.1) is 6.92 Å². The summed E-state index contributed by atoms with van der Waals surface area (Å²) in [6.07, 6.45) is -2.80. The van der Waals surface area contributed by atoms with E-state index >= 15 is 0 Å². The second-order valence-corrected chi connectivity index (χ2v) is 5.00. The molecule has 2 aromatic rings. The average Bonchev–Trinajstić information content (AvgIpc) is 2.45. The SMILES string of the molecule is CCNCc1cn(-c2cccc(C(F)(F)F)c2)c(C)cc1=O. The Bertz CT molecular complexity index is 720. The molecule has 6 heteroatoms. The van der Waals surface area contributed by atoms with Crippen LogP contribution in [0.4, 0.5) is 13.2 Å². The Labute approximate surface area is 126 Å². The van der Waals surface area contributed by atoms with Crippen molar-refractivity contribution >= 4 is 0 Å². The largest absolute Gasteiger partial charge is 0.416 e. The smallest absolute Gasteiger partial charge is 0.321 e. The first kappa shape index (κ1) is 16.3. The molecule has 0 aliphatic rings. The number of hydrogen-bond donors (Lipinski definition) is 1. The van der Waals surface area contributed by atoms with Crippen LogP contribution in [0.3, 0.4) is 0 Å². The van der Waals surface area contributed by atoms with E-state index in [1.165, 1.54) is 12.1 Å². The molecule has 0 amide bonds. The first-order valence-electron chi connectivity index (χ1n) is 6.93. The van der Waals surface area contributed by atoms with Gasteiger partial charge in [-0.25, -0.2) is 0 Å². The quantitative estimate of drug-likeness (QED) is 0.940. The van der Waals surface area contributed by atoms with Crippen molar-refractivity contribution < 1.29 is 13.2 Å². The van der Waals surface area contributed by atoms with E-state index in [-0.39, 0.29) is 5.43 Å². The number of aromatic nitrogens is 1. The highest BCUT2D eigenvalue weighted by atomic mass is 19.4. The summed E-state index contributed by atoms with van der Waals surface area (Å²) in [7, 11) is 0. The van der Waals surface area contributed by atoms with Crippen molar-refractivity contribution in [3.8, 4) is 5.69 Å². The predicted octanol–water partition coefficient (Wildman–Crippen LogP) is 3.27. The normalized spacial score (nSPS) is 11.7. The number of hydrogen-bond acceptors (Lipinski definition) is 2. The lowest BCUT2D eigenvalue weighted by atomic mass is 10.1. The van der Waals surface area contributed by atoms with Crippen LogP contribution in [0.15, 0.2) is 41.3 Å². The third kappa shape index (κ3) is 3.57. The molecule has 0 radical (unpaired) electrons. The van der Waals surface area contributed by atoms with Gasteiger partial charge in [0.1, 0.15) is 0 Å². The highest BCUT2D eigenvalue weighted by molar-refractivity contribution is 5.39. The Morgan fingerprint density at radius 1 is 1.23 bits per heavy atom. The topological polar surface area (TPSA) is 34.0 Å². The summed E-state index contributed by atoms with van der Waals surface area (Å²) in [4.78, 5) is 11.9. The summed E-state index contributed by atoms with van der Waals surface area (Å²) in [6.45, 7) is 4.70. The maximum Gasteiger partial charge on any atom is 0.416 e. The van der Waals surface area contributed by atoms with Crippen molar-refractivity contribution in [1.82, 2.24) is 9.88 Å². The van der Waals surface area contributed by atoms with Crippen LogP contribution >= 0.6 is 0 Å². The Kier molecular flexibility index (Phi) is 4.71. The maximum absolute atomic E-state index is 12.8. The molecule has 0 fully saturated rings. The number of nitrogens with one attached hydrogen (secondary N) is 1. The molecule has 3 nitrogen and oxygen atoms in total. The molecule has 0 unspecified atom stereocenters. The van der Waals surface area contributed by atoms with Gasteiger partial charge >= 0.3 is 6.18 Å². The van der Waals surface area contributed by atoms with Crippen molar-refractivity contribution in [3.05, 3.63) is 63.6 Å². The van der Waals surface area contributed by atoms with Crippen molar-refractivity contribution in [2.75, 3.05) is 6.54 Å². The minimum atomic E-state index is -4.39. The van der Waals surface area contributed by atoms with Crippen LogP contribution in [-0.2, 0) is 12.7 Å². The van der Waals surface area contributed by atoms with E-state index in [0.29, 0.717) is 30.0 Å². The van der Waals surface area contributed by atoms with Gasteiger partial charge in [0.15, 0.2) is 5.43 Å². The van der Waals surface area contributed by atoms with E-state index in [9.17, 15) is 18.0 Å². The third-order valence-corrected chi connectivity index (χ3v) is 3.34. The van der Waals surface area contributed by atoms with Crippen molar-refractivity contribution in [2.24, 2.45) is 0 Å². The van der Waals surface area contributed by atoms with Gasteiger partial charge in [0.25, 0.3) is 0 Å². The molecular formula is C16H17F3N2O. The van der Waals surface area contributed by atoms with Crippen LogP contribution in [0.2, 0.25) is 0 Å². The van der Waals surface area contributed by atoms with Gasteiger partial charge in [-0.2, -0.15) is 13.2 Å². The van der Waals surface area contributed by atoms with Crippen LogP contribution < -0.4 is 10.7 Å². The predicted molar refractivity (Wildman–Crippen MR) is 79.2 cm³/mol. The van der Waals surface area contributed by atoms with Crippen LogP contribution in [-0.4, -0.2) is 11.1 Å². The van der Waals surface area contributed by atoms with Gasteiger partial charge in [-0.1, -0.05) is 13.0 Å². The molecule has 1 heterocycles. The van der Waals surface area contributed by atoms with Gasteiger partial charge in [-0.15, -0.1) is 0 Å². The lowest BCUT2D eigenvalue weighted by Crippen LogP contribution is -2.21. The zero-order valence-electron chi connectivity index (χ0n) is 12.4. The fourth-order valence-corrected chi connectivity index (χ4v) is 2.18. The molecule has 2 rings (SSSR count).